The Balaban J connectivity index is 2.41. The average molecular weight is 268 g/mol. The van der Waals surface area contributed by atoms with Crippen LogP contribution in [0.15, 0.2) is 34.8 Å². The lowest BCUT2D eigenvalue weighted by atomic mass is 9.90. The largest absolute Gasteiger partial charge is 0.498 e. The molecule has 1 amide bonds. The number of ether oxygens (including phenoxy) is 1. The minimum Gasteiger partial charge on any atom is -0.498 e. The molecule has 0 spiro atoms. The van der Waals surface area contributed by atoms with Gasteiger partial charge in [-0.15, -0.1) is 11.6 Å². The Morgan fingerprint density at radius 2 is 2.17 bits per heavy atom. The molecule has 1 aliphatic carbocycles. The van der Waals surface area contributed by atoms with Crippen molar-refractivity contribution in [2.45, 2.75) is 32.6 Å². The van der Waals surface area contributed by atoms with Crippen molar-refractivity contribution in [1.29, 1.82) is 0 Å². The van der Waals surface area contributed by atoms with Crippen molar-refractivity contribution in [1.82, 2.24) is 5.32 Å². The Bertz CT molecular complexity index is 462. The molecular weight excluding hydrogens is 250 g/mol. The normalized spacial score (nSPS) is 29.2. The molecule has 1 fully saturated rings. The number of fused-ring (bicyclic) bond motifs is 1. The summed E-state index contributed by atoms with van der Waals surface area (Å²) in [6.45, 7) is 6.36. The van der Waals surface area contributed by atoms with Gasteiger partial charge in [0, 0.05) is 11.3 Å². The first-order valence-electron chi connectivity index (χ1n) is 6.31. The summed E-state index contributed by atoms with van der Waals surface area (Å²) in [4.78, 5) is 12.0. The van der Waals surface area contributed by atoms with Crippen LogP contribution in [0, 0.1) is 5.92 Å². The van der Waals surface area contributed by atoms with Crippen LogP contribution < -0.4 is 5.32 Å². The number of nitrogens with one attached hydrogen (secondary N) is 1. The second kappa shape index (κ2) is 5.19. The molecule has 0 aromatic rings. The number of carbonyl (C=O) groups excluding carboxylic acids is 1. The third-order valence-corrected chi connectivity index (χ3v) is 3.78. The fourth-order valence-electron chi connectivity index (χ4n) is 2.38. The van der Waals surface area contributed by atoms with Gasteiger partial charge in [-0.1, -0.05) is 19.1 Å². The Morgan fingerprint density at radius 3 is 2.78 bits per heavy atom. The van der Waals surface area contributed by atoms with Crippen LogP contribution in [0.1, 0.15) is 27.2 Å². The number of halogens is 1. The second-order valence-electron chi connectivity index (χ2n) is 4.50. The topological polar surface area (TPSA) is 38.3 Å². The Labute approximate surface area is 113 Å². The molecule has 2 unspecified atom stereocenters. The van der Waals surface area contributed by atoms with Crippen LogP contribution in [-0.2, 0) is 9.53 Å². The predicted molar refractivity (Wildman–Crippen MR) is 72.1 cm³/mol. The van der Waals surface area contributed by atoms with Crippen LogP contribution >= 0.6 is 11.6 Å². The molecule has 98 valence electrons. The molecule has 4 heteroatoms. The van der Waals surface area contributed by atoms with Gasteiger partial charge in [-0.3, -0.25) is 4.79 Å². The second-order valence-corrected chi connectivity index (χ2v) is 5.00. The van der Waals surface area contributed by atoms with Crippen LogP contribution in [0.25, 0.3) is 0 Å². The van der Waals surface area contributed by atoms with Crippen molar-refractivity contribution in [3.8, 4) is 0 Å². The Hall–Kier alpha value is -1.22. The first-order valence-corrected chi connectivity index (χ1v) is 6.75. The number of amides is 1. The number of allylic oxidation sites excluding steroid dienone is 4. The maximum Gasteiger partial charge on any atom is 0.259 e. The molecule has 0 radical (unpaired) electrons. The van der Waals surface area contributed by atoms with E-state index in [2.05, 4.69) is 18.3 Å². The van der Waals surface area contributed by atoms with Crippen LogP contribution in [0.3, 0.4) is 0 Å². The third kappa shape index (κ3) is 2.19. The van der Waals surface area contributed by atoms with Crippen molar-refractivity contribution >= 4 is 17.5 Å². The van der Waals surface area contributed by atoms with Gasteiger partial charge in [0.1, 0.15) is 5.76 Å². The van der Waals surface area contributed by atoms with Crippen LogP contribution in [0.4, 0.5) is 0 Å². The highest BCUT2D eigenvalue weighted by Crippen LogP contribution is 2.36. The van der Waals surface area contributed by atoms with Gasteiger partial charge in [-0.05, 0) is 26.2 Å². The van der Waals surface area contributed by atoms with Crippen LogP contribution in [-0.4, -0.2) is 17.9 Å². The Morgan fingerprint density at radius 1 is 1.44 bits per heavy atom. The molecule has 0 aromatic carbocycles. The van der Waals surface area contributed by atoms with Gasteiger partial charge in [-0.2, -0.15) is 0 Å². The first kappa shape index (κ1) is 13.2. The fraction of sp³-hybridized carbons (Fsp3) is 0.500. The number of hydrogen-bond acceptors (Lipinski definition) is 2. The van der Waals surface area contributed by atoms with Gasteiger partial charge in [0.15, 0.2) is 0 Å². The van der Waals surface area contributed by atoms with E-state index in [1.807, 2.05) is 19.9 Å². The molecule has 3 nitrogen and oxygen atoms in total. The fourth-order valence-corrected chi connectivity index (χ4v) is 2.76. The highest BCUT2D eigenvalue weighted by atomic mass is 35.5. The minimum absolute atomic E-state index is 0.0640. The summed E-state index contributed by atoms with van der Waals surface area (Å²) in [6.07, 6.45) is 4.97. The maximum absolute atomic E-state index is 12.0. The lowest BCUT2D eigenvalue weighted by molar-refractivity contribution is -0.116. The molecule has 0 bridgehead atoms. The van der Waals surface area contributed by atoms with Crippen molar-refractivity contribution in [3.05, 3.63) is 34.8 Å². The highest BCUT2D eigenvalue weighted by molar-refractivity contribution is 6.22. The molecule has 0 aromatic heterocycles. The lowest BCUT2D eigenvalue weighted by Gasteiger charge is -2.21. The third-order valence-electron chi connectivity index (χ3n) is 3.33. The van der Waals surface area contributed by atoms with Gasteiger partial charge in [-0.25, -0.2) is 0 Å². The van der Waals surface area contributed by atoms with Gasteiger partial charge in [0.25, 0.3) is 5.91 Å². The molecular formula is C14H18ClNO2. The maximum atomic E-state index is 12.0. The van der Waals surface area contributed by atoms with E-state index >= 15 is 0 Å². The summed E-state index contributed by atoms with van der Waals surface area (Å²) >= 11 is 6.32. The molecule has 1 N–H and O–H groups in total. The molecule has 1 aliphatic heterocycles. The molecule has 2 rings (SSSR count). The summed E-state index contributed by atoms with van der Waals surface area (Å²) in [5.41, 5.74) is 2.37. The standard InChI is InChI=1S/C14H18ClNO2/c1-4-9-6-12-10(7-11(9)15)13(14(17)16-12)8(3)18-5-2/h6-7,9,11H,4-5H2,1-3H3,(H,16,17)/b13-8-. The predicted octanol–water partition coefficient (Wildman–Crippen LogP) is 2.88. The summed E-state index contributed by atoms with van der Waals surface area (Å²) in [7, 11) is 0. The van der Waals surface area contributed by atoms with Gasteiger partial charge in [0.2, 0.25) is 0 Å². The first-order chi connectivity index (χ1) is 8.58. The van der Waals surface area contributed by atoms with E-state index in [0.29, 0.717) is 17.9 Å². The molecule has 0 saturated carbocycles. The minimum atomic E-state index is -0.0981. The zero-order valence-electron chi connectivity index (χ0n) is 10.9. The SMILES string of the molecule is CCO/C(C)=C1\C(=O)NC2=CC(CC)C(Cl)C=C21. The van der Waals surface area contributed by atoms with E-state index in [4.69, 9.17) is 16.3 Å². The summed E-state index contributed by atoms with van der Waals surface area (Å²) in [5.74, 6) is 0.833. The lowest BCUT2D eigenvalue weighted by Crippen LogP contribution is -2.18. The summed E-state index contributed by atoms with van der Waals surface area (Å²) in [5, 5.41) is 2.82. The zero-order valence-corrected chi connectivity index (χ0v) is 11.7. The van der Waals surface area contributed by atoms with Crippen LogP contribution in [0.5, 0.6) is 0 Å². The van der Waals surface area contributed by atoms with Gasteiger partial charge in [0.05, 0.1) is 17.6 Å². The molecule has 18 heavy (non-hydrogen) atoms. The van der Waals surface area contributed by atoms with Crippen molar-refractivity contribution in [2.75, 3.05) is 6.61 Å². The smallest absolute Gasteiger partial charge is 0.259 e. The van der Waals surface area contributed by atoms with Crippen molar-refractivity contribution < 1.29 is 9.53 Å². The zero-order chi connectivity index (χ0) is 13.3. The summed E-state index contributed by atoms with van der Waals surface area (Å²) < 4.78 is 5.44. The Kier molecular flexibility index (Phi) is 3.81. The van der Waals surface area contributed by atoms with Gasteiger partial charge < -0.3 is 10.1 Å². The summed E-state index contributed by atoms with van der Waals surface area (Å²) in [6, 6.07) is 0. The van der Waals surface area contributed by atoms with Crippen LogP contribution in [0.2, 0.25) is 0 Å². The van der Waals surface area contributed by atoms with E-state index in [1.54, 1.807) is 0 Å². The number of alkyl halides is 1. The number of rotatable bonds is 3. The van der Waals surface area contributed by atoms with E-state index < -0.39 is 0 Å². The number of hydrogen-bond donors (Lipinski definition) is 1. The van der Waals surface area contributed by atoms with E-state index in [1.165, 1.54) is 0 Å². The number of carbonyl (C=O) groups is 1. The molecule has 2 aliphatic rings. The van der Waals surface area contributed by atoms with E-state index in [9.17, 15) is 4.79 Å². The quantitative estimate of drug-likeness (QED) is 0.485. The molecule has 1 heterocycles. The van der Waals surface area contributed by atoms with E-state index in [-0.39, 0.29) is 17.2 Å². The molecule has 2 atom stereocenters. The van der Waals surface area contributed by atoms with Crippen molar-refractivity contribution in [2.24, 2.45) is 5.92 Å². The highest BCUT2D eigenvalue weighted by Gasteiger charge is 2.34. The van der Waals surface area contributed by atoms with Crippen molar-refractivity contribution in [3.63, 3.8) is 0 Å². The van der Waals surface area contributed by atoms with Gasteiger partial charge >= 0.3 is 0 Å². The average Bonchev–Trinajstić information content (AvgIpc) is 2.63. The van der Waals surface area contributed by atoms with E-state index in [0.717, 1.165) is 17.7 Å². The molecule has 1 saturated heterocycles. The monoisotopic (exact) mass is 267 g/mol.